The van der Waals surface area contributed by atoms with Gasteiger partial charge in [0.1, 0.15) is 0 Å². The van der Waals surface area contributed by atoms with E-state index in [1.54, 1.807) is 0 Å². The lowest BCUT2D eigenvalue weighted by Gasteiger charge is -2.36. The van der Waals surface area contributed by atoms with Crippen LogP contribution in [0.1, 0.15) is 52.9 Å². The van der Waals surface area contributed by atoms with Crippen molar-refractivity contribution in [3.63, 3.8) is 0 Å². The zero-order valence-electron chi connectivity index (χ0n) is 12.0. The average molecular weight is 252 g/mol. The van der Waals surface area contributed by atoms with E-state index in [1.165, 1.54) is 25.7 Å². The lowest BCUT2D eigenvalue weighted by molar-refractivity contribution is -0.126. The molecule has 3 nitrogen and oxygen atoms in total. The van der Waals surface area contributed by atoms with Crippen molar-refractivity contribution in [2.75, 3.05) is 6.54 Å². The number of amides is 1. The van der Waals surface area contributed by atoms with Gasteiger partial charge in [0.15, 0.2) is 0 Å². The fourth-order valence-electron chi connectivity index (χ4n) is 3.55. The number of carbonyl (C=O) groups excluding carboxylic acids is 1. The Morgan fingerprint density at radius 3 is 2.56 bits per heavy atom. The number of rotatable bonds is 2. The highest BCUT2D eigenvalue weighted by atomic mass is 16.2. The van der Waals surface area contributed by atoms with Crippen molar-refractivity contribution >= 4 is 5.91 Å². The molecule has 1 saturated heterocycles. The van der Waals surface area contributed by atoms with E-state index in [0.717, 1.165) is 18.9 Å². The van der Waals surface area contributed by atoms with Gasteiger partial charge in [-0.05, 0) is 56.4 Å². The normalized spacial score (nSPS) is 41.4. The third-order valence-corrected chi connectivity index (χ3v) is 4.81. The second-order valence-corrected chi connectivity index (χ2v) is 6.56. The Labute approximate surface area is 111 Å². The van der Waals surface area contributed by atoms with Gasteiger partial charge in [-0.1, -0.05) is 20.8 Å². The summed E-state index contributed by atoms with van der Waals surface area (Å²) in [5.74, 6) is 2.14. The summed E-state index contributed by atoms with van der Waals surface area (Å²) in [6.07, 6.45) is 6.02. The van der Waals surface area contributed by atoms with Gasteiger partial charge < -0.3 is 10.6 Å². The lowest BCUT2D eigenvalue weighted by Crippen LogP contribution is -2.54. The summed E-state index contributed by atoms with van der Waals surface area (Å²) in [5.41, 5.74) is 0. The summed E-state index contributed by atoms with van der Waals surface area (Å²) in [6, 6.07) is 0.426. The first-order valence-electron chi connectivity index (χ1n) is 7.61. The number of hydrogen-bond donors (Lipinski definition) is 2. The maximum Gasteiger partial charge on any atom is 0.237 e. The van der Waals surface area contributed by atoms with Gasteiger partial charge in [0.05, 0.1) is 6.04 Å². The van der Waals surface area contributed by atoms with Gasteiger partial charge in [-0.3, -0.25) is 4.79 Å². The smallest absolute Gasteiger partial charge is 0.237 e. The first kappa shape index (κ1) is 13.9. The summed E-state index contributed by atoms with van der Waals surface area (Å²) >= 11 is 0. The third kappa shape index (κ3) is 3.25. The molecule has 0 bridgehead atoms. The van der Waals surface area contributed by atoms with Crippen molar-refractivity contribution in [1.82, 2.24) is 10.6 Å². The molecule has 2 rings (SSSR count). The van der Waals surface area contributed by atoms with Crippen LogP contribution in [-0.4, -0.2) is 24.5 Å². The zero-order valence-corrected chi connectivity index (χ0v) is 12.0. The fourth-order valence-corrected chi connectivity index (χ4v) is 3.55. The van der Waals surface area contributed by atoms with Crippen LogP contribution in [0.2, 0.25) is 0 Å². The Morgan fingerprint density at radius 2 is 1.89 bits per heavy atom. The van der Waals surface area contributed by atoms with Crippen LogP contribution in [0.5, 0.6) is 0 Å². The number of nitrogens with one attached hydrogen (secondary N) is 2. The largest absolute Gasteiger partial charge is 0.352 e. The van der Waals surface area contributed by atoms with Crippen LogP contribution in [0.25, 0.3) is 0 Å². The summed E-state index contributed by atoms with van der Waals surface area (Å²) in [5, 5.41) is 6.66. The Morgan fingerprint density at radius 1 is 1.11 bits per heavy atom. The van der Waals surface area contributed by atoms with Crippen LogP contribution in [0.3, 0.4) is 0 Å². The Hall–Kier alpha value is -0.570. The Balaban J connectivity index is 1.86. The number of carbonyl (C=O) groups is 1. The molecule has 5 unspecified atom stereocenters. The van der Waals surface area contributed by atoms with E-state index in [-0.39, 0.29) is 11.9 Å². The molecule has 1 aliphatic carbocycles. The molecule has 0 radical (unpaired) electrons. The summed E-state index contributed by atoms with van der Waals surface area (Å²) in [6.45, 7) is 7.76. The molecule has 0 aromatic heterocycles. The van der Waals surface area contributed by atoms with Gasteiger partial charge in [-0.15, -0.1) is 0 Å². The third-order valence-electron chi connectivity index (χ3n) is 4.81. The first-order valence-corrected chi connectivity index (χ1v) is 7.61. The van der Waals surface area contributed by atoms with Crippen molar-refractivity contribution in [3.05, 3.63) is 0 Å². The highest BCUT2D eigenvalue weighted by molar-refractivity contribution is 5.82. The maximum absolute atomic E-state index is 12.3. The molecule has 3 heteroatoms. The highest BCUT2D eigenvalue weighted by Gasteiger charge is 2.31. The standard InChI is InChI=1S/C15H28N2O/c1-10-6-7-13(12(3)9-10)17-15(18)14-11(2)5-4-8-16-14/h10-14,16H,4-9H2,1-3H3,(H,17,18). The molecule has 1 aliphatic heterocycles. The van der Waals surface area contributed by atoms with E-state index in [4.69, 9.17) is 0 Å². The van der Waals surface area contributed by atoms with Crippen LogP contribution in [0, 0.1) is 17.8 Å². The van der Waals surface area contributed by atoms with Crippen LogP contribution in [0.4, 0.5) is 0 Å². The quantitative estimate of drug-likeness (QED) is 0.792. The van der Waals surface area contributed by atoms with Gasteiger partial charge in [0, 0.05) is 6.04 Å². The number of hydrogen-bond acceptors (Lipinski definition) is 2. The predicted octanol–water partition coefficient (Wildman–Crippen LogP) is 2.32. The molecule has 2 N–H and O–H groups in total. The fraction of sp³-hybridized carbons (Fsp3) is 0.933. The Kier molecular flexibility index (Phi) is 4.66. The van der Waals surface area contributed by atoms with Gasteiger partial charge in [-0.2, -0.15) is 0 Å². The molecule has 18 heavy (non-hydrogen) atoms. The van der Waals surface area contributed by atoms with Crippen LogP contribution < -0.4 is 10.6 Å². The van der Waals surface area contributed by atoms with E-state index in [9.17, 15) is 4.79 Å². The molecule has 2 fully saturated rings. The van der Waals surface area contributed by atoms with Gasteiger partial charge in [0.25, 0.3) is 0 Å². The van der Waals surface area contributed by atoms with Crippen molar-refractivity contribution in [2.45, 2.75) is 65.0 Å². The summed E-state index contributed by atoms with van der Waals surface area (Å²) in [4.78, 5) is 12.3. The second-order valence-electron chi connectivity index (χ2n) is 6.56. The lowest BCUT2D eigenvalue weighted by atomic mass is 9.79. The molecule has 0 aromatic carbocycles. The van der Waals surface area contributed by atoms with Crippen LogP contribution in [0.15, 0.2) is 0 Å². The van der Waals surface area contributed by atoms with Gasteiger partial charge >= 0.3 is 0 Å². The molecular formula is C15H28N2O. The molecule has 5 atom stereocenters. The predicted molar refractivity (Wildman–Crippen MR) is 74.3 cm³/mol. The molecule has 1 saturated carbocycles. The average Bonchev–Trinajstić information content (AvgIpc) is 2.33. The van der Waals surface area contributed by atoms with Gasteiger partial charge in [0.2, 0.25) is 5.91 Å². The summed E-state index contributed by atoms with van der Waals surface area (Å²) < 4.78 is 0. The topological polar surface area (TPSA) is 41.1 Å². The van der Waals surface area contributed by atoms with Gasteiger partial charge in [-0.25, -0.2) is 0 Å². The van der Waals surface area contributed by atoms with E-state index in [0.29, 0.717) is 17.9 Å². The second kappa shape index (κ2) is 6.05. The van der Waals surface area contributed by atoms with Crippen molar-refractivity contribution < 1.29 is 4.79 Å². The molecular weight excluding hydrogens is 224 g/mol. The SMILES string of the molecule is CC1CCC(NC(=O)C2NCCCC2C)C(C)C1. The van der Waals surface area contributed by atoms with E-state index in [2.05, 4.69) is 31.4 Å². The minimum absolute atomic E-state index is 0.0327. The molecule has 104 valence electrons. The minimum atomic E-state index is 0.0327. The molecule has 0 spiro atoms. The van der Waals surface area contributed by atoms with Crippen LogP contribution in [-0.2, 0) is 4.79 Å². The van der Waals surface area contributed by atoms with Crippen molar-refractivity contribution in [1.29, 1.82) is 0 Å². The van der Waals surface area contributed by atoms with E-state index < -0.39 is 0 Å². The van der Waals surface area contributed by atoms with E-state index in [1.807, 2.05) is 0 Å². The molecule has 1 heterocycles. The van der Waals surface area contributed by atoms with Crippen LogP contribution >= 0.6 is 0 Å². The first-order chi connectivity index (χ1) is 8.58. The molecule has 1 amide bonds. The zero-order chi connectivity index (χ0) is 13.1. The highest BCUT2D eigenvalue weighted by Crippen LogP contribution is 2.29. The maximum atomic E-state index is 12.3. The number of piperidine rings is 1. The van der Waals surface area contributed by atoms with Crippen molar-refractivity contribution in [2.24, 2.45) is 17.8 Å². The van der Waals surface area contributed by atoms with E-state index >= 15 is 0 Å². The molecule has 0 aromatic rings. The van der Waals surface area contributed by atoms with Crippen molar-refractivity contribution in [3.8, 4) is 0 Å². The summed E-state index contributed by atoms with van der Waals surface area (Å²) in [7, 11) is 0. The minimum Gasteiger partial charge on any atom is -0.352 e. The molecule has 2 aliphatic rings. The Bertz CT molecular complexity index is 292. The monoisotopic (exact) mass is 252 g/mol.